The summed E-state index contributed by atoms with van der Waals surface area (Å²) in [6.45, 7) is 0. The van der Waals surface area contributed by atoms with Gasteiger partial charge < -0.3 is 0 Å². The van der Waals surface area contributed by atoms with Gasteiger partial charge in [0, 0.05) is 0 Å². The third-order valence-electron chi connectivity index (χ3n) is 1.37. The van der Waals surface area contributed by atoms with E-state index in [2.05, 4.69) is 63.0 Å². The molecule has 0 radical (unpaired) electrons. The molecule has 1 rings (SSSR count). The standard InChI is InChI=1S/C8H12.2HI.Pt/c1-2-4-6-8-7-5-3-1;;;/h1-4H,5-8H2;2*1H;/q;;;+2/p-2/b3-1-,4-2-;;;. The van der Waals surface area contributed by atoms with Crippen molar-refractivity contribution in [2.24, 2.45) is 0 Å². The SMILES string of the molecule is C1=C\CCCC\C=C/1.[I][Pt][I]. The van der Waals surface area contributed by atoms with Crippen molar-refractivity contribution in [3.63, 3.8) is 0 Å². The van der Waals surface area contributed by atoms with Crippen LogP contribution in [0.4, 0.5) is 0 Å². The summed E-state index contributed by atoms with van der Waals surface area (Å²) in [7, 11) is 0. The van der Waals surface area contributed by atoms with Crippen LogP contribution >= 0.6 is 38.7 Å². The molecule has 0 amide bonds. The summed E-state index contributed by atoms with van der Waals surface area (Å²) in [5.41, 5.74) is 0. The topological polar surface area (TPSA) is 0 Å². The van der Waals surface area contributed by atoms with E-state index < -0.39 is 0 Å². The zero-order chi connectivity index (χ0) is 8.36. The number of hydrogen-bond donors (Lipinski definition) is 0. The molecule has 0 aromatic carbocycles. The summed E-state index contributed by atoms with van der Waals surface area (Å²) in [4.78, 5) is 0. The van der Waals surface area contributed by atoms with Gasteiger partial charge in [-0.15, -0.1) is 0 Å². The maximum absolute atomic E-state index is 2.39. The van der Waals surface area contributed by atoms with Gasteiger partial charge in [-0.3, -0.25) is 0 Å². The van der Waals surface area contributed by atoms with Gasteiger partial charge in [-0.05, 0) is 25.7 Å². The maximum atomic E-state index is 2.39. The fourth-order valence-corrected chi connectivity index (χ4v) is 0.874. The molecule has 0 aliphatic heterocycles. The van der Waals surface area contributed by atoms with Crippen LogP contribution in [-0.2, 0) is 11.2 Å². The Balaban J connectivity index is 0.000000292. The van der Waals surface area contributed by atoms with E-state index in [1.54, 1.807) is 0 Å². The van der Waals surface area contributed by atoms with Gasteiger partial charge >= 0.3 is 49.9 Å². The van der Waals surface area contributed by atoms with Gasteiger partial charge in [-0.1, -0.05) is 24.3 Å². The molecule has 0 aromatic heterocycles. The van der Waals surface area contributed by atoms with E-state index in [4.69, 9.17) is 0 Å². The zero-order valence-corrected chi connectivity index (χ0v) is 12.8. The quantitative estimate of drug-likeness (QED) is 0.387. The molecule has 0 nitrogen and oxygen atoms in total. The Morgan fingerprint density at radius 3 is 1.64 bits per heavy atom. The van der Waals surface area contributed by atoms with E-state index in [9.17, 15) is 0 Å². The van der Waals surface area contributed by atoms with Crippen LogP contribution in [0.5, 0.6) is 0 Å². The van der Waals surface area contributed by atoms with E-state index >= 15 is 0 Å². The summed E-state index contributed by atoms with van der Waals surface area (Å²) >= 11 is 5.30. The van der Waals surface area contributed by atoms with E-state index in [-0.39, 0.29) is 0 Å². The normalized spacial score (nSPS) is 22.4. The average molecular weight is 557 g/mol. The molecule has 68 valence electrons. The van der Waals surface area contributed by atoms with Gasteiger partial charge in [-0.25, -0.2) is 0 Å². The van der Waals surface area contributed by atoms with E-state index in [1.165, 1.54) is 25.7 Å². The molecule has 0 spiro atoms. The summed E-state index contributed by atoms with van der Waals surface area (Å²) in [6.07, 6.45) is 14.0. The van der Waals surface area contributed by atoms with Crippen LogP contribution in [0.2, 0.25) is 0 Å². The van der Waals surface area contributed by atoms with E-state index in [0.717, 1.165) is 0 Å². The fourth-order valence-electron chi connectivity index (χ4n) is 0.874. The van der Waals surface area contributed by atoms with E-state index in [1.807, 2.05) is 0 Å². The fraction of sp³-hybridized carbons (Fsp3) is 0.500. The van der Waals surface area contributed by atoms with Crippen molar-refractivity contribution in [2.45, 2.75) is 25.7 Å². The van der Waals surface area contributed by atoms with Crippen molar-refractivity contribution < 1.29 is 11.2 Å². The monoisotopic (exact) mass is 557 g/mol. The Hall–Kier alpha value is 1.63. The van der Waals surface area contributed by atoms with Gasteiger partial charge in [-0.2, -0.15) is 0 Å². The number of halogens is 2. The first-order chi connectivity index (χ1) is 5.41. The molecule has 0 bridgehead atoms. The molecule has 0 saturated heterocycles. The van der Waals surface area contributed by atoms with E-state index in [0.29, 0.717) is 11.2 Å². The molecule has 1 aliphatic carbocycles. The Morgan fingerprint density at radius 2 is 1.27 bits per heavy atom. The molecule has 0 fully saturated rings. The summed E-state index contributed by atoms with van der Waals surface area (Å²) in [6, 6.07) is 0. The molecule has 0 N–H and O–H groups in total. The van der Waals surface area contributed by atoms with Gasteiger partial charge in [0.05, 0.1) is 0 Å². The van der Waals surface area contributed by atoms with Crippen LogP contribution in [0.3, 0.4) is 0 Å². The van der Waals surface area contributed by atoms with Crippen molar-refractivity contribution in [1.82, 2.24) is 0 Å². The predicted molar refractivity (Wildman–Crippen MR) is 64.8 cm³/mol. The second kappa shape index (κ2) is 11.6. The number of hydrogen-bond acceptors (Lipinski definition) is 0. The number of rotatable bonds is 0. The third kappa shape index (κ3) is 11.6. The van der Waals surface area contributed by atoms with Crippen LogP contribution in [-0.4, -0.2) is 0 Å². The molecule has 3 heteroatoms. The first kappa shape index (κ1) is 12.6. The first-order valence-electron chi connectivity index (χ1n) is 3.56. The summed E-state index contributed by atoms with van der Waals surface area (Å²) in [5.74, 6) is 0. The van der Waals surface area contributed by atoms with Gasteiger partial charge in [0.1, 0.15) is 0 Å². The van der Waals surface area contributed by atoms with Crippen molar-refractivity contribution in [2.75, 3.05) is 0 Å². The molecule has 0 unspecified atom stereocenters. The second-order valence-corrected chi connectivity index (χ2v) is 18.8. The number of allylic oxidation sites excluding steroid dienone is 4. The Morgan fingerprint density at radius 1 is 0.909 bits per heavy atom. The van der Waals surface area contributed by atoms with Crippen LogP contribution < -0.4 is 0 Å². The Bertz CT molecular complexity index is 107. The summed E-state index contributed by atoms with van der Waals surface area (Å²) < 4.78 is 0. The van der Waals surface area contributed by atoms with Crippen LogP contribution in [0.15, 0.2) is 24.3 Å². The molecule has 0 aromatic rings. The van der Waals surface area contributed by atoms with Crippen molar-refractivity contribution in [3.8, 4) is 0 Å². The van der Waals surface area contributed by atoms with Crippen LogP contribution in [0.1, 0.15) is 25.7 Å². The molecule has 0 atom stereocenters. The minimum absolute atomic E-state index is 0.523. The van der Waals surface area contributed by atoms with Crippen LogP contribution in [0, 0.1) is 0 Å². The van der Waals surface area contributed by atoms with Gasteiger partial charge in [0.25, 0.3) is 0 Å². The molecule has 1 aliphatic rings. The van der Waals surface area contributed by atoms with Crippen molar-refractivity contribution in [1.29, 1.82) is 0 Å². The van der Waals surface area contributed by atoms with Crippen molar-refractivity contribution >= 4 is 38.7 Å². The zero-order valence-electron chi connectivity index (χ0n) is 6.21. The third-order valence-corrected chi connectivity index (χ3v) is 1.37. The molecule has 11 heavy (non-hydrogen) atoms. The van der Waals surface area contributed by atoms with Gasteiger partial charge in [0.15, 0.2) is 0 Å². The average Bonchev–Trinajstić information content (AvgIpc) is 1.86. The Labute approximate surface area is 98.5 Å². The molecule has 0 saturated carbocycles. The van der Waals surface area contributed by atoms with Crippen molar-refractivity contribution in [3.05, 3.63) is 24.3 Å². The second-order valence-electron chi connectivity index (χ2n) is 2.19. The molecular weight excluding hydrogens is 545 g/mol. The first-order valence-corrected chi connectivity index (χ1v) is 16.4. The van der Waals surface area contributed by atoms with Crippen LogP contribution in [0.25, 0.3) is 0 Å². The summed E-state index contributed by atoms with van der Waals surface area (Å²) in [5, 5.41) is 0. The predicted octanol–water partition coefficient (Wildman–Crippen LogP) is 4.44. The minimum atomic E-state index is 0.523. The van der Waals surface area contributed by atoms with Gasteiger partial charge in [0.2, 0.25) is 0 Å². The Kier molecular flexibility index (Phi) is 13.3. The molecular formula is C8H12I2Pt. The molecule has 0 heterocycles.